The van der Waals surface area contributed by atoms with Gasteiger partial charge >= 0.3 is 5.97 Å². The quantitative estimate of drug-likeness (QED) is 0.520. The van der Waals surface area contributed by atoms with Crippen LogP contribution in [0.3, 0.4) is 0 Å². The van der Waals surface area contributed by atoms with Gasteiger partial charge in [-0.15, -0.1) is 0 Å². The summed E-state index contributed by atoms with van der Waals surface area (Å²) in [6.45, 7) is 3.85. The van der Waals surface area contributed by atoms with Crippen LogP contribution in [0.5, 0.6) is 0 Å². The molecule has 0 aliphatic heterocycles. The molecule has 0 aliphatic carbocycles. The summed E-state index contributed by atoms with van der Waals surface area (Å²) >= 11 is 0. The zero-order valence-corrected chi connectivity index (χ0v) is 12.0. The third-order valence-electron chi connectivity index (χ3n) is 3.14. The van der Waals surface area contributed by atoms with E-state index in [4.69, 9.17) is 4.42 Å². The summed E-state index contributed by atoms with van der Waals surface area (Å²) in [5.41, 5.74) is 0.859. The molecule has 0 bridgehead atoms. The number of nitrogens with one attached hydrogen (secondary N) is 1. The van der Waals surface area contributed by atoms with Gasteiger partial charge < -0.3 is 14.5 Å². The smallest absolute Gasteiger partial charge is 0.374 e. The highest BCUT2D eigenvalue weighted by atomic mass is 16.5. The van der Waals surface area contributed by atoms with Crippen LogP contribution in [0.1, 0.15) is 61.6 Å². The van der Waals surface area contributed by atoms with Gasteiger partial charge in [0.25, 0.3) is 0 Å². The number of unbranched alkanes of at least 4 members (excludes halogenated alkanes) is 5. The van der Waals surface area contributed by atoms with Gasteiger partial charge in [0.15, 0.2) is 0 Å². The summed E-state index contributed by atoms with van der Waals surface area (Å²) in [5.74, 6) is -0.112. The Morgan fingerprint density at radius 1 is 1.26 bits per heavy atom. The van der Waals surface area contributed by atoms with Crippen molar-refractivity contribution in [1.82, 2.24) is 5.32 Å². The summed E-state index contributed by atoms with van der Waals surface area (Å²) in [4.78, 5) is 11.4. The zero-order chi connectivity index (χ0) is 13.9. The Kier molecular flexibility index (Phi) is 7.98. The van der Waals surface area contributed by atoms with Gasteiger partial charge in [0.1, 0.15) is 0 Å². The molecule has 19 heavy (non-hydrogen) atoms. The van der Waals surface area contributed by atoms with E-state index in [2.05, 4.69) is 17.0 Å². The van der Waals surface area contributed by atoms with E-state index in [1.54, 1.807) is 6.07 Å². The lowest BCUT2D eigenvalue weighted by molar-refractivity contribution is 0.0563. The number of hydrogen-bond donors (Lipinski definition) is 1. The Labute approximate surface area is 115 Å². The lowest BCUT2D eigenvalue weighted by Crippen LogP contribution is -2.16. The molecule has 4 nitrogen and oxygen atoms in total. The van der Waals surface area contributed by atoms with Gasteiger partial charge in [0.05, 0.1) is 13.4 Å². The molecule has 1 N–H and O–H groups in total. The highest BCUT2D eigenvalue weighted by Gasteiger charge is 2.14. The number of hydrogen-bond acceptors (Lipinski definition) is 4. The van der Waals surface area contributed by atoms with Gasteiger partial charge in [-0.05, 0) is 19.0 Å². The SMILES string of the molecule is CCCCCCCCNCc1ccoc1C(=O)OC. The fraction of sp³-hybridized carbons (Fsp3) is 0.667. The Morgan fingerprint density at radius 3 is 2.74 bits per heavy atom. The number of methoxy groups -OCH3 is 1. The van der Waals surface area contributed by atoms with Gasteiger partial charge in [-0.2, -0.15) is 0 Å². The van der Waals surface area contributed by atoms with Gasteiger partial charge in [-0.3, -0.25) is 0 Å². The predicted molar refractivity (Wildman–Crippen MR) is 75.1 cm³/mol. The molecule has 0 radical (unpaired) electrons. The number of carbonyl (C=O) groups is 1. The molecule has 1 rings (SSSR count). The first-order valence-corrected chi connectivity index (χ1v) is 7.15. The summed E-state index contributed by atoms with van der Waals surface area (Å²) < 4.78 is 9.78. The van der Waals surface area contributed by atoms with Crippen molar-refractivity contribution in [3.05, 3.63) is 23.7 Å². The fourth-order valence-corrected chi connectivity index (χ4v) is 2.00. The second kappa shape index (κ2) is 9.62. The van der Waals surface area contributed by atoms with Crippen LogP contribution in [0.25, 0.3) is 0 Å². The molecule has 0 aromatic carbocycles. The molecule has 0 saturated carbocycles. The number of esters is 1. The van der Waals surface area contributed by atoms with E-state index in [1.807, 2.05) is 0 Å². The topological polar surface area (TPSA) is 51.5 Å². The molecule has 1 aromatic heterocycles. The molecule has 0 fully saturated rings. The van der Waals surface area contributed by atoms with E-state index in [-0.39, 0.29) is 0 Å². The molecule has 0 amide bonds. The van der Waals surface area contributed by atoms with Crippen molar-refractivity contribution < 1.29 is 13.9 Å². The first-order chi connectivity index (χ1) is 9.29. The predicted octanol–water partition coefficient (Wildman–Crippen LogP) is 3.52. The fourth-order valence-electron chi connectivity index (χ4n) is 2.00. The van der Waals surface area contributed by atoms with Crippen LogP contribution in [0.4, 0.5) is 0 Å². The summed E-state index contributed by atoms with van der Waals surface area (Å²) in [6.07, 6.45) is 9.24. The second-order valence-electron chi connectivity index (χ2n) is 4.71. The van der Waals surface area contributed by atoms with E-state index < -0.39 is 5.97 Å². The minimum absolute atomic E-state index is 0.304. The Hall–Kier alpha value is -1.29. The van der Waals surface area contributed by atoms with Crippen molar-refractivity contribution in [2.75, 3.05) is 13.7 Å². The standard InChI is InChI=1S/C15H25NO3/c1-3-4-5-6-7-8-10-16-12-13-9-11-19-14(13)15(17)18-2/h9,11,16H,3-8,10,12H2,1-2H3. The molecule has 0 unspecified atom stereocenters. The third-order valence-corrected chi connectivity index (χ3v) is 3.14. The molecular weight excluding hydrogens is 242 g/mol. The summed E-state index contributed by atoms with van der Waals surface area (Å²) in [6, 6.07) is 1.81. The maximum Gasteiger partial charge on any atom is 0.374 e. The molecule has 0 spiro atoms. The summed E-state index contributed by atoms with van der Waals surface area (Å²) in [7, 11) is 1.36. The van der Waals surface area contributed by atoms with Crippen molar-refractivity contribution in [2.45, 2.75) is 52.0 Å². The molecule has 108 valence electrons. The minimum Gasteiger partial charge on any atom is -0.463 e. The van der Waals surface area contributed by atoms with E-state index in [9.17, 15) is 4.79 Å². The van der Waals surface area contributed by atoms with E-state index in [0.717, 1.165) is 12.1 Å². The first-order valence-electron chi connectivity index (χ1n) is 7.15. The number of rotatable bonds is 10. The minimum atomic E-state index is -0.415. The largest absolute Gasteiger partial charge is 0.463 e. The first kappa shape index (κ1) is 15.8. The maximum absolute atomic E-state index is 11.4. The van der Waals surface area contributed by atoms with E-state index >= 15 is 0 Å². The highest BCUT2D eigenvalue weighted by Crippen LogP contribution is 2.11. The van der Waals surface area contributed by atoms with Crippen LogP contribution < -0.4 is 5.32 Å². The van der Waals surface area contributed by atoms with Crippen LogP contribution in [-0.4, -0.2) is 19.6 Å². The van der Waals surface area contributed by atoms with E-state index in [0.29, 0.717) is 12.3 Å². The van der Waals surface area contributed by atoms with Crippen molar-refractivity contribution in [3.8, 4) is 0 Å². The Bertz CT molecular complexity index is 360. The zero-order valence-electron chi connectivity index (χ0n) is 12.0. The molecule has 0 atom stereocenters. The van der Waals surface area contributed by atoms with Gasteiger partial charge in [0.2, 0.25) is 5.76 Å². The normalized spacial score (nSPS) is 10.6. The molecule has 0 saturated heterocycles. The van der Waals surface area contributed by atoms with Crippen LogP contribution in [0.15, 0.2) is 16.7 Å². The maximum atomic E-state index is 11.4. The summed E-state index contributed by atoms with van der Waals surface area (Å²) in [5, 5.41) is 3.33. The molecule has 1 aromatic rings. The van der Waals surface area contributed by atoms with Gasteiger partial charge in [-0.1, -0.05) is 39.0 Å². The highest BCUT2D eigenvalue weighted by molar-refractivity contribution is 5.87. The third kappa shape index (κ3) is 5.92. The molecule has 4 heteroatoms. The van der Waals surface area contributed by atoms with Crippen LogP contribution >= 0.6 is 0 Å². The van der Waals surface area contributed by atoms with Crippen molar-refractivity contribution in [3.63, 3.8) is 0 Å². The van der Waals surface area contributed by atoms with Crippen LogP contribution in [-0.2, 0) is 11.3 Å². The lowest BCUT2D eigenvalue weighted by atomic mass is 10.1. The van der Waals surface area contributed by atoms with Crippen LogP contribution in [0, 0.1) is 0 Å². The average Bonchev–Trinajstić information content (AvgIpc) is 2.89. The number of furan rings is 1. The van der Waals surface area contributed by atoms with Crippen molar-refractivity contribution >= 4 is 5.97 Å². The average molecular weight is 267 g/mol. The molecule has 1 heterocycles. The van der Waals surface area contributed by atoms with Gasteiger partial charge in [-0.25, -0.2) is 4.79 Å². The monoisotopic (exact) mass is 267 g/mol. The number of carbonyl (C=O) groups excluding carboxylic acids is 1. The molecule has 0 aliphatic rings. The van der Waals surface area contributed by atoms with Gasteiger partial charge in [0, 0.05) is 12.1 Å². The van der Waals surface area contributed by atoms with Crippen LogP contribution in [0.2, 0.25) is 0 Å². The Morgan fingerprint density at radius 2 is 2.00 bits per heavy atom. The Balaban J connectivity index is 2.13. The van der Waals surface area contributed by atoms with E-state index in [1.165, 1.54) is 51.9 Å². The van der Waals surface area contributed by atoms with Crippen molar-refractivity contribution in [2.24, 2.45) is 0 Å². The number of ether oxygens (including phenoxy) is 1. The lowest BCUT2D eigenvalue weighted by Gasteiger charge is -2.04. The second-order valence-corrected chi connectivity index (χ2v) is 4.71. The van der Waals surface area contributed by atoms with Crippen molar-refractivity contribution in [1.29, 1.82) is 0 Å². The molecular formula is C15H25NO3.